The number of rotatable bonds is 5. The van der Waals surface area contributed by atoms with Crippen molar-refractivity contribution in [3.63, 3.8) is 0 Å². The molecule has 0 amide bonds. The lowest BCUT2D eigenvalue weighted by Crippen LogP contribution is -2.23. The third-order valence-corrected chi connectivity index (χ3v) is 3.72. The molecule has 21 heavy (non-hydrogen) atoms. The molecular formula is C18H22FNO. The van der Waals surface area contributed by atoms with Crippen molar-refractivity contribution < 1.29 is 9.13 Å². The smallest absolute Gasteiger partial charge is 0.123 e. The Kier molecular flexibility index (Phi) is 4.97. The van der Waals surface area contributed by atoms with Gasteiger partial charge in [0.25, 0.3) is 0 Å². The maximum atomic E-state index is 13.0. The standard InChI is InChI=1S/C18H22FNO/c1-12-5-10-18(21-4)17(11-12)14(3)20-13(2)15-6-8-16(19)9-7-15/h5-11,13-14,20H,1-4H3/t13-,14?/m0/s1. The maximum absolute atomic E-state index is 13.0. The van der Waals surface area contributed by atoms with Crippen LogP contribution < -0.4 is 10.1 Å². The molecule has 3 heteroatoms. The van der Waals surface area contributed by atoms with Crippen LogP contribution in [0.1, 0.15) is 42.6 Å². The fourth-order valence-electron chi connectivity index (χ4n) is 2.50. The number of hydrogen-bond donors (Lipinski definition) is 1. The molecule has 0 heterocycles. The van der Waals surface area contributed by atoms with Gasteiger partial charge in [-0.25, -0.2) is 4.39 Å². The topological polar surface area (TPSA) is 21.3 Å². The van der Waals surface area contributed by atoms with Crippen molar-refractivity contribution >= 4 is 0 Å². The Morgan fingerprint density at radius 1 is 1.00 bits per heavy atom. The number of halogens is 1. The first kappa shape index (κ1) is 15.5. The zero-order chi connectivity index (χ0) is 15.4. The van der Waals surface area contributed by atoms with Gasteiger partial charge in [0.1, 0.15) is 11.6 Å². The van der Waals surface area contributed by atoms with Crippen molar-refractivity contribution in [2.24, 2.45) is 0 Å². The molecule has 0 spiro atoms. The average Bonchev–Trinajstić information content (AvgIpc) is 2.47. The van der Waals surface area contributed by atoms with Crippen molar-refractivity contribution in [3.8, 4) is 5.75 Å². The monoisotopic (exact) mass is 287 g/mol. The number of aryl methyl sites for hydroxylation is 1. The molecule has 2 atom stereocenters. The van der Waals surface area contributed by atoms with Gasteiger partial charge in [-0.05, 0) is 44.5 Å². The van der Waals surface area contributed by atoms with Crippen LogP contribution in [-0.2, 0) is 0 Å². The van der Waals surface area contributed by atoms with Gasteiger partial charge in [0, 0.05) is 17.6 Å². The first-order valence-corrected chi connectivity index (χ1v) is 7.17. The van der Waals surface area contributed by atoms with E-state index in [0.29, 0.717) is 0 Å². The molecule has 0 saturated carbocycles. The number of benzene rings is 2. The first-order chi connectivity index (χ1) is 10.0. The molecule has 2 aromatic rings. The Labute approximate surface area is 126 Å². The van der Waals surface area contributed by atoms with Crippen molar-refractivity contribution in [1.29, 1.82) is 0 Å². The largest absolute Gasteiger partial charge is 0.496 e. The zero-order valence-corrected chi connectivity index (χ0v) is 13.0. The molecule has 2 nitrogen and oxygen atoms in total. The second kappa shape index (κ2) is 6.72. The van der Waals surface area contributed by atoms with Crippen molar-refractivity contribution in [2.45, 2.75) is 32.9 Å². The third-order valence-electron chi connectivity index (χ3n) is 3.72. The Balaban J connectivity index is 2.15. The van der Waals surface area contributed by atoms with Crippen LogP contribution in [0.15, 0.2) is 42.5 Å². The molecule has 0 aromatic heterocycles. The fraction of sp³-hybridized carbons (Fsp3) is 0.333. The Morgan fingerprint density at radius 2 is 1.67 bits per heavy atom. The predicted octanol–water partition coefficient (Wildman–Crippen LogP) is 4.55. The highest BCUT2D eigenvalue weighted by atomic mass is 19.1. The maximum Gasteiger partial charge on any atom is 0.123 e. The summed E-state index contributed by atoms with van der Waals surface area (Å²) >= 11 is 0. The van der Waals surface area contributed by atoms with Gasteiger partial charge in [-0.3, -0.25) is 0 Å². The van der Waals surface area contributed by atoms with Gasteiger partial charge < -0.3 is 10.1 Å². The highest BCUT2D eigenvalue weighted by Crippen LogP contribution is 2.28. The van der Waals surface area contributed by atoms with Crippen LogP contribution in [0.4, 0.5) is 4.39 Å². The van der Waals surface area contributed by atoms with E-state index in [2.05, 4.69) is 32.2 Å². The van der Waals surface area contributed by atoms with E-state index in [1.165, 1.54) is 17.7 Å². The zero-order valence-electron chi connectivity index (χ0n) is 13.0. The summed E-state index contributed by atoms with van der Waals surface area (Å²) in [5.74, 6) is 0.672. The van der Waals surface area contributed by atoms with Gasteiger partial charge in [0.05, 0.1) is 7.11 Å². The van der Waals surface area contributed by atoms with Crippen LogP contribution in [0.5, 0.6) is 5.75 Å². The van der Waals surface area contributed by atoms with Gasteiger partial charge in [-0.15, -0.1) is 0 Å². The average molecular weight is 287 g/mol. The second-order valence-corrected chi connectivity index (χ2v) is 5.41. The quantitative estimate of drug-likeness (QED) is 0.870. The molecule has 0 saturated heterocycles. The van der Waals surface area contributed by atoms with E-state index >= 15 is 0 Å². The van der Waals surface area contributed by atoms with E-state index in [-0.39, 0.29) is 17.9 Å². The Hall–Kier alpha value is -1.87. The molecule has 0 radical (unpaired) electrons. The second-order valence-electron chi connectivity index (χ2n) is 5.41. The predicted molar refractivity (Wildman–Crippen MR) is 84.1 cm³/mol. The summed E-state index contributed by atoms with van der Waals surface area (Å²) in [6, 6.07) is 13.0. The van der Waals surface area contributed by atoms with E-state index in [9.17, 15) is 4.39 Å². The van der Waals surface area contributed by atoms with Gasteiger partial charge in [-0.1, -0.05) is 29.8 Å². The van der Waals surface area contributed by atoms with Gasteiger partial charge in [0.15, 0.2) is 0 Å². The van der Waals surface area contributed by atoms with E-state index in [1.54, 1.807) is 7.11 Å². The lowest BCUT2D eigenvalue weighted by Gasteiger charge is -2.22. The molecule has 0 aliphatic heterocycles. The molecule has 0 fully saturated rings. The Bertz CT molecular complexity index is 595. The van der Waals surface area contributed by atoms with Crippen LogP contribution in [0.25, 0.3) is 0 Å². The fourth-order valence-corrected chi connectivity index (χ4v) is 2.50. The number of ether oxygens (including phenoxy) is 1. The number of methoxy groups -OCH3 is 1. The molecule has 0 aliphatic rings. The molecule has 0 bridgehead atoms. The minimum Gasteiger partial charge on any atom is -0.496 e. The van der Waals surface area contributed by atoms with E-state index in [0.717, 1.165) is 16.9 Å². The number of hydrogen-bond acceptors (Lipinski definition) is 2. The summed E-state index contributed by atoms with van der Waals surface area (Å²) in [6.07, 6.45) is 0. The van der Waals surface area contributed by atoms with E-state index in [4.69, 9.17) is 4.74 Å². The summed E-state index contributed by atoms with van der Waals surface area (Å²) in [4.78, 5) is 0. The SMILES string of the molecule is COc1ccc(C)cc1C(C)N[C@@H](C)c1ccc(F)cc1. The third kappa shape index (κ3) is 3.82. The minimum absolute atomic E-state index is 0.130. The van der Waals surface area contributed by atoms with Crippen LogP contribution >= 0.6 is 0 Å². The lowest BCUT2D eigenvalue weighted by atomic mass is 10.0. The Morgan fingerprint density at radius 3 is 2.29 bits per heavy atom. The normalized spacial score (nSPS) is 13.8. The summed E-state index contributed by atoms with van der Waals surface area (Å²) in [7, 11) is 1.68. The first-order valence-electron chi connectivity index (χ1n) is 7.17. The molecule has 1 unspecified atom stereocenters. The molecule has 2 rings (SSSR count). The van der Waals surface area contributed by atoms with Crippen molar-refractivity contribution in [2.75, 3.05) is 7.11 Å². The molecule has 1 N–H and O–H groups in total. The molecule has 112 valence electrons. The van der Waals surface area contributed by atoms with Crippen LogP contribution in [0.3, 0.4) is 0 Å². The van der Waals surface area contributed by atoms with Gasteiger partial charge >= 0.3 is 0 Å². The number of nitrogens with one attached hydrogen (secondary N) is 1. The molecule has 2 aromatic carbocycles. The highest BCUT2D eigenvalue weighted by Gasteiger charge is 2.15. The molecule has 0 aliphatic carbocycles. The van der Waals surface area contributed by atoms with Crippen molar-refractivity contribution in [1.82, 2.24) is 5.32 Å². The summed E-state index contributed by atoms with van der Waals surface area (Å²) in [6.45, 7) is 6.25. The van der Waals surface area contributed by atoms with Crippen LogP contribution in [-0.4, -0.2) is 7.11 Å². The lowest BCUT2D eigenvalue weighted by molar-refractivity contribution is 0.396. The van der Waals surface area contributed by atoms with E-state index < -0.39 is 0 Å². The summed E-state index contributed by atoms with van der Waals surface area (Å²) in [5, 5.41) is 3.53. The van der Waals surface area contributed by atoms with Gasteiger partial charge in [-0.2, -0.15) is 0 Å². The van der Waals surface area contributed by atoms with Crippen LogP contribution in [0, 0.1) is 12.7 Å². The van der Waals surface area contributed by atoms with Gasteiger partial charge in [0.2, 0.25) is 0 Å². The van der Waals surface area contributed by atoms with Crippen molar-refractivity contribution in [3.05, 3.63) is 65.0 Å². The minimum atomic E-state index is -0.209. The summed E-state index contributed by atoms with van der Waals surface area (Å²) in [5.41, 5.74) is 3.40. The molecular weight excluding hydrogens is 265 g/mol. The summed E-state index contributed by atoms with van der Waals surface area (Å²) < 4.78 is 18.4. The highest BCUT2D eigenvalue weighted by molar-refractivity contribution is 5.39. The van der Waals surface area contributed by atoms with E-state index in [1.807, 2.05) is 24.3 Å². The van der Waals surface area contributed by atoms with Crippen LogP contribution in [0.2, 0.25) is 0 Å².